The standard InChI is InChI=1S/C27H45N3Si/c1-19(2)31(20(3)4,21(5)6)30-16-15-22-13-14-23(17-26(22)30)29-18-27(7,8)28-24-11-9-10-12-25(24)29/h13-17,19-21,24-25,28H,9-12,18H2,1-8H3/t24-,25+/m1/s1. The van der Waals surface area contributed by atoms with Crippen molar-refractivity contribution in [2.45, 2.75) is 115 Å². The Morgan fingerprint density at radius 2 is 1.58 bits per heavy atom. The number of nitrogens with one attached hydrogen (secondary N) is 1. The molecule has 1 aliphatic heterocycles. The lowest BCUT2D eigenvalue weighted by atomic mass is 9.83. The Morgan fingerprint density at radius 3 is 2.23 bits per heavy atom. The Labute approximate surface area is 191 Å². The van der Waals surface area contributed by atoms with Gasteiger partial charge in [0.1, 0.15) is 0 Å². The van der Waals surface area contributed by atoms with Crippen molar-refractivity contribution < 1.29 is 0 Å². The molecule has 2 atom stereocenters. The van der Waals surface area contributed by atoms with E-state index < -0.39 is 8.24 Å². The summed E-state index contributed by atoms with van der Waals surface area (Å²) in [5.74, 6) is 0. The van der Waals surface area contributed by atoms with Crippen LogP contribution in [-0.2, 0) is 0 Å². The fourth-order valence-corrected chi connectivity index (χ4v) is 14.1. The van der Waals surface area contributed by atoms with Crippen LogP contribution in [0.2, 0.25) is 16.6 Å². The van der Waals surface area contributed by atoms with Crippen LogP contribution in [-0.4, -0.2) is 36.6 Å². The summed E-state index contributed by atoms with van der Waals surface area (Å²) in [6.45, 7) is 20.6. The van der Waals surface area contributed by atoms with Crippen LogP contribution in [0.4, 0.5) is 5.69 Å². The van der Waals surface area contributed by atoms with E-state index in [4.69, 9.17) is 0 Å². The predicted molar refractivity (Wildman–Crippen MR) is 139 cm³/mol. The van der Waals surface area contributed by atoms with Crippen molar-refractivity contribution in [3.63, 3.8) is 0 Å². The van der Waals surface area contributed by atoms with Crippen LogP contribution in [0.1, 0.15) is 81.1 Å². The van der Waals surface area contributed by atoms with Gasteiger partial charge in [-0.15, -0.1) is 0 Å². The monoisotopic (exact) mass is 439 g/mol. The summed E-state index contributed by atoms with van der Waals surface area (Å²) in [7, 11) is -1.77. The first-order valence-electron chi connectivity index (χ1n) is 12.7. The van der Waals surface area contributed by atoms with E-state index >= 15 is 0 Å². The van der Waals surface area contributed by atoms with Crippen molar-refractivity contribution in [3.8, 4) is 0 Å². The van der Waals surface area contributed by atoms with Crippen molar-refractivity contribution in [1.82, 2.24) is 9.55 Å². The highest BCUT2D eigenvalue weighted by Crippen LogP contribution is 2.45. The summed E-state index contributed by atoms with van der Waals surface area (Å²) in [4.78, 5) is 2.75. The molecule has 2 fully saturated rings. The van der Waals surface area contributed by atoms with Gasteiger partial charge in [0.05, 0.1) is 0 Å². The first kappa shape index (κ1) is 22.9. The van der Waals surface area contributed by atoms with Crippen molar-refractivity contribution >= 4 is 24.8 Å². The van der Waals surface area contributed by atoms with Gasteiger partial charge >= 0.3 is 0 Å². The van der Waals surface area contributed by atoms with E-state index in [0.717, 1.165) is 6.54 Å². The summed E-state index contributed by atoms with van der Waals surface area (Å²) in [6, 6.07) is 10.9. The molecule has 1 saturated carbocycles. The SMILES string of the molecule is CC(C)[Si](C(C)C)(C(C)C)n1ccc2ccc(N3CC(C)(C)N[C@@H]4CCCC[C@@H]43)cc21. The van der Waals surface area contributed by atoms with E-state index in [2.05, 4.69) is 100 Å². The largest absolute Gasteiger partial charge is 0.373 e. The maximum absolute atomic E-state index is 3.97. The number of benzene rings is 1. The minimum atomic E-state index is -1.77. The van der Waals surface area contributed by atoms with Crippen LogP contribution in [0.3, 0.4) is 0 Å². The van der Waals surface area contributed by atoms with E-state index in [1.807, 2.05) is 0 Å². The summed E-state index contributed by atoms with van der Waals surface area (Å²) < 4.78 is 2.78. The molecule has 31 heavy (non-hydrogen) atoms. The van der Waals surface area contributed by atoms with Gasteiger partial charge in [0.15, 0.2) is 8.24 Å². The highest BCUT2D eigenvalue weighted by Gasteiger charge is 2.46. The molecule has 3 nitrogen and oxygen atoms in total. The van der Waals surface area contributed by atoms with Gasteiger partial charge in [0.2, 0.25) is 0 Å². The van der Waals surface area contributed by atoms with Crippen molar-refractivity contribution in [2.75, 3.05) is 11.4 Å². The summed E-state index contributed by atoms with van der Waals surface area (Å²) in [5, 5.41) is 5.37. The zero-order valence-electron chi connectivity index (χ0n) is 21.2. The molecule has 1 aromatic heterocycles. The second-order valence-corrected chi connectivity index (χ2v) is 17.6. The van der Waals surface area contributed by atoms with Crippen LogP contribution in [0.15, 0.2) is 30.5 Å². The number of hydrogen-bond donors (Lipinski definition) is 1. The molecule has 0 amide bonds. The van der Waals surface area contributed by atoms with E-state index in [1.54, 1.807) is 0 Å². The summed E-state index contributed by atoms with van der Waals surface area (Å²) in [6.07, 6.45) is 7.78. The second-order valence-electron chi connectivity index (χ2n) is 11.9. The summed E-state index contributed by atoms with van der Waals surface area (Å²) in [5.41, 5.74) is 5.15. The quantitative estimate of drug-likeness (QED) is 0.499. The van der Waals surface area contributed by atoms with Gasteiger partial charge in [-0.05, 0) is 73.1 Å². The molecule has 1 aliphatic carbocycles. The highest BCUT2D eigenvalue weighted by atomic mass is 28.3. The number of rotatable bonds is 5. The maximum atomic E-state index is 3.97. The molecule has 1 saturated heterocycles. The van der Waals surface area contributed by atoms with Gasteiger partial charge in [0.25, 0.3) is 0 Å². The number of nitrogens with zero attached hydrogens (tertiary/aromatic N) is 2. The molecule has 2 heterocycles. The third-order valence-corrected chi connectivity index (χ3v) is 15.2. The molecule has 172 valence electrons. The zero-order valence-corrected chi connectivity index (χ0v) is 22.2. The molecule has 1 N–H and O–H groups in total. The molecule has 4 rings (SSSR count). The van der Waals surface area contributed by atoms with Gasteiger partial charge in [-0.3, -0.25) is 0 Å². The van der Waals surface area contributed by atoms with Gasteiger partial charge in [-0.1, -0.05) is 60.5 Å². The minimum absolute atomic E-state index is 0.155. The molecule has 0 bridgehead atoms. The number of anilines is 1. The predicted octanol–water partition coefficient (Wildman–Crippen LogP) is 7.16. The fourth-order valence-electron chi connectivity index (χ4n) is 7.49. The van der Waals surface area contributed by atoms with Gasteiger partial charge in [-0.25, -0.2) is 0 Å². The first-order chi connectivity index (χ1) is 14.6. The Hall–Kier alpha value is -1.26. The van der Waals surface area contributed by atoms with E-state index in [0.29, 0.717) is 28.7 Å². The lowest BCUT2D eigenvalue weighted by Gasteiger charge is -2.52. The topological polar surface area (TPSA) is 20.2 Å². The van der Waals surface area contributed by atoms with Gasteiger partial charge < -0.3 is 14.4 Å². The van der Waals surface area contributed by atoms with Crippen molar-refractivity contribution in [2.24, 2.45) is 0 Å². The van der Waals surface area contributed by atoms with Crippen LogP contribution in [0.5, 0.6) is 0 Å². The maximum Gasteiger partial charge on any atom is 0.169 e. The van der Waals surface area contributed by atoms with E-state index in [1.165, 1.54) is 42.3 Å². The molecular weight excluding hydrogens is 394 g/mol. The molecule has 1 aromatic carbocycles. The average molecular weight is 440 g/mol. The molecule has 2 aromatic rings. The van der Waals surface area contributed by atoms with Crippen LogP contribution in [0.25, 0.3) is 10.9 Å². The smallest absolute Gasteiger partial charge is 0.169 e. The zero-order chi connectivity index (χ0) is 22.6. The molecule has 0 spiro atoms. The first-order valence-corrected chi connectivity index (χ1v) is 14.9. The lowest BCUT2D eigenvalue weighted by molar-refractivity contribution is 0.199. The molecule has 0 unspecified atom stereocenters. The lowest BCUT2D eigenvalue weighted by Crippen LogP contribution is -2.67. The third kappa shape index (κ3) is 3.78. The number of fused-ring (bicyclic) bond motifs is 2. The fraction of sp³-hybridized carbons (Fsp3) is 0.704. The number of piperazine rings is 1. The normalized spacial score (nSPS) is 24.4. The minimum Gasteiger partial charge on any atom is -0.373 e. The second kappa shape index (κ2) is 8.26. The Bertz CT molecular complexity index is 889. The summed E-state index contributed by atoms with van der Waals surface area (Å²) >= 11 is 0. The average Bonchev–Trinajstić information content (AvgIpc) is 3.09. The van der Waals surface area contributed by atoms with Gasteiger partial charge in [-0.2, -0.15) is 0 Å². The number of hydrogen-bond acceptors (Lipinski definition) is 2. The Balaban J connectivity index is 1.83. The third-order valence-electron chi connectivity index (χ3n) is 8.47. The molecule has 2 aliphatic rings. The Morgan fingerprint density at radius 1 is 0.935 bits per heavy atom. The van der Waals surface area contributed by atoms with Crippen LogP contribution >= 0.6 is 0 Å². The van der Waals surface area contributed by atoms with Crippen LogP contribution in [0, 0.1) is 0 Å². The highest BCUT2D eigenvalue weighted by molar-refractivity contribution is 6.82. The van der Waals surface area contributed by atoms with Gasteiger partial charge in [0, 0.05) is 35.4 Å². The Kier molecular flexibility index (Phi) is 6.11. The van der Waals surface area contributed by atoms with Crippen LogP contribution < -0.4 is 10.2 Å². The molecular formula is C27H45N3Si. The number of aromatic nitrogens is 1. The molecule has 4 heteroatoms. The van der Waals surface area contributed by atoms with E-state index in [9.17, 15) is 0 Å². The molecule has 0 radical (unpaired) electrons. The van der Waals surface area contributed by atoms with Crippen molar-refractivity contribution in [1.29, 1.82) is 0 Å². The van der Waals surface area contributed by atoms with Crippen molar-refractivity contribution in [3.05, 3.63) is 30.5 Å². The van der Waals surface area contributed by atoms with E-state index in [-0.39, 0.29) is 5.54 Å².